The third kappa shape index (κ3) is 5.81. The molecule has 0 bridgehead atoms. The minimum absolute atomic E-state index is 0.00911. The van der Waals surface area contributed by atoms with Crippen LogP contribution in [0, 0.1) is 0 Å². The van der Waals surface area contributed by atoms with Gasteiger partial charge in [0.2, 0.25) is 15.9 Å². The van der Waals surface area contributed by atoms with Gasteiger partial charge in [0, 0.05) is 31.9 Å². The van der Waals surface area contributed by atoms with Gasteiger partial charge >= 0.3 is 6.18 Å². The van der Waals surface area contributed by atoms with Crippen LogP contribution in [-0.4, -0.2) is 25.9 Å². The fourth-order valence-corrected chi connectivity index (χ4v) is 2.98. The number of amides is 1. The van der Waals surface area contributed by atoms with Crippen LogP contribution in [0.1, 0.15) is 17.5 Å². The molecule has 140 valence electrons. The van der Waals surface area contributed by atoms with Gasteiger partial charge in [-0.3, -0.25) is 9.78 Å². The molecule has 1 aromatic carbocycles. The van der Waals surface area contributed by atoms with Crippen molar-refractivity contribution in [2.45, 2.75) is 24.0 Å². The number of hydrogen-bond acceptors (Lipinski definition) is 4. The van der Waals surface area contributed by atoms with Crippen molar-refractivity contribution in [3.8, 4) is 0 Å². The maximum absolute atomic E-state index is 12.5. The summed E-state index contributed by atoms with van der Waals surface area (Å²) in [6, 6.07) is 7.26. The lowest BCUT2D eigenvalue weighted by Gasteiger charge is -2.09. The number of nitrogens with one attached hydrogen (secondary N) is 2. The number of pyridine rings is 1. The molecule has 1 heterocycles. The van der Waals surface area contributed by atoms with Crippen molar-refractivity contribution in [3.05, 3.63) is 59.9 Å². The lowest BCUT2D eigenvalue weighted by molar-refractivity contribution is -0.137. The first-order valence-electron chi connectivity index (χ1n) is 7.51. The van der Waals surface area contributed by atoms with Crippen molar-refractivity contribution in [1.82, 2.24) is 15.0 Å². The maximum Gasteiger partial charge on any atom is 0.416 e. The van der Waals surface area contributed by atoms with Gasteiger partial charge in [0.15, 0.2) is 0 Å². The number of carbonyl (C=O) groups is 1. The van der Waals surface area contributed by atoms with Crippen LogP contribution in [0.3, 0.4) is 0 Å². The average Bonchev–Trinajstić information content (AvgIpc) is 2.60. The zero-order valence-electron chi connectivity index (χ0n) is 13.5. The Labute approximate surface area is 148 Å². The van der Waals surface area contributed by atoms with Crippen LogP contribution in [0.15, 0.2) is 53.7 Å². The summed E-state index contributed by atoms with van der Waals surface area (Å²) in [4.78, 5) is 15.4. The molecule has 0 fully saturated rings. The molecule has 0 atom stereocenters. The van der Waals surface area contributed by atoms with E-state index in [2.05, 4.69) is 15.0 Å². The van der Waals surface area contributed by atoms with E-state index in [0.29, 0.717) is 5.56 Å². The molecule has 6 nitrogen and oxygen atoms in total. The van der Waals surface area contributed by atoms with Gasteiger partial charge in [0.05, 0.1) is 5.56 Å². The summed E-state index contributed by atoms with van der Waals surface area (Å²) >= 11 is 0. The lowest BCUT2D eigenvalue weighted by atomic mass is 10.1. The molecule has 0 saturated heterocycles. The van der Waals surface area contributed by atoms with E-state index in [1.54, 1.807) is 0 Å². The predicted molar refractivity (Wildman–Crippen MR) is 87.3 cm³/mol. The van der Waals surface area contributed by atoms with E-state index < -0.39 is 27.7 Å². The number of aromatic nitrogens is 1. The highest BCUT2D eigenvalue weighted by Gasteiger charge is 2.29. The standard InChI is InChI=1S/C16H16F3N3O3S/c17-16(18,19)13-5-3-12(4-6-13)10-21-15(23)7-9-22-26(24,25)14-2-1-8-20-11-14/h1-6,8,11,22H,7,9-10H2,(H,21,23). The molecule has 26 heavy (non-hydrogen) atoms. The summed E-state index contributed by atoms with van der Waals surface area (Å²) < 4.78 is 63.5. The monoisotopic (exact) mass is 387 g/mol. The molecule has 0 aliphatic heterocycles. The van der Waals surface area contributed by atoms with Crippen molar-refractivity contribution in [3.63, 3.8) is 0 Å². The summed E-state index contributed by atoms with van der Waals surface area (Å²) in [7, 11) is -3.74. The van der Waals surface area contributed by atoms with Crippen LogP contribution in [0.2, 0.25) is 0 Å². The van der Waals surface area contributed by atoms with Gasteiger partial charge in [-0.25, -0.2) is 13.1 Å². The van der Waals surface area contributed by atoms with Gasteiger partial charge in [-0.15, -0.1) is 0 Å². The number of halogens is 3. The van der Waals surface area contributed by atoms with Crippen molar-refractivity contribution in [2.75, 3.05) is 6.54 Å². The number of carbonyl (C=O) groups excluding carboxylic acids is 1. The molecule has 0 aliphatic rings. The van der Waals surface area contributed by atoms with E-state index in [0.717, 1.165) is 12.1 Å². The van der Waals surface area contributed by atoms with Crippen LogP contribution in [0.5, 0.6) is 0 Å². The van der Waals surface area contributed by atoms with E-state index in [-0.39, 0.29) is 24.4 Å². The van der Waals surface area contributed by atoms with E-state index >= 15 is 0 Å². The number of benzene rings is 1. The van der Waals surface area contributed by atoms with E-state index in [9.17, 15) is 26.4 Å². The Bertz CT molecular complexity index is 839. The van der Waals surface area contributed by atoms with Crippen LogP contribution < -0.4 is 10.0 Å². The summed E-state index contributed by atoms with van der Waals surface area (Å²) in [5, 5.41) is 2.52. The molecule has 0 aliphatic carbocycles. The highest BCUT2D eigenvalue weighted by molar-refractivity contribution is 7.89. The number of hydrogen-bond donors (Lipinski definition) is 2. The highest BCUT2D eigenvalue weighted by atomic mass is 32.2. The number of sulfonamides is 1. The van der Waals surface area contributed by atoms with E-state index in [1.165, 1.54) is 36.7 Å². The first-order chi connectivity index (χ1) is 12.2. The van der Waals surface area contributed by atoms with Crippen molar-refractivity contribution in [2.24, 2.45) is 0 Å². The smallest absolute Gasteiger partial charge is 0.352 e. The molecule has 2 aromatic rings. The van der Waals surface area contributed by atoms with Gasteiger partial charge in [-0.1, -0.05) is 12.1 Å². The summed E-state index contributed by atoms with van der Waals surface area (Å²) in [5.74, 6) is -0.432. The quantitative estimate of drug-likeness (QED) is 0.762. The molecule has 2 rings (SSSR count). The Morgan fingerprint density at radius 2 is 1.81 bits per heavy atom. The second-order valence-corrected chi connectivity index (χ2v) is 7.07. The highest BCUT2D eigenvalue weighted by Crippen LogP contribution is 2.29. The molecule has 1 aromatic heterocycles. The van der Waals surface area contributed by atoms with E-state index in [4.69, 9.17) is 0 Å². The molecule has 2 N–H and O–H groups in total. The summed E-state index contributed by atoms with van der Waals surface area (Å²) in [6.07, 6.45) is -1.89. The normalized spacial score (nSPS) is 12.0. The van der Waals surface area contributed by atoms with Crippen LogP contribution in [0.4, 0.5) is 13.2 Å². The second-order valence-electron chi connectivity index (χ2n) is 5.31. The Morgan fingerprint density at radius 3 is 2.38 bits per heavy atom. The number of alkyl halides is 3. The number of nitrogens with zero attached hydrogens (tertiary/aromatic N) is 1. The molecule has 0 saturated carbocycles. The largest absolute Gasteiger partial charge is 0.416 e. The average molecular weight is 387 g/mol. The van der Waals surface area contributed by atoms with Crippen molar-refractivity contribution in [1.29, 1.82) is 0 Å². The molecule has 1 amide bonds. The maximum atomic E-state index is 12.5. The van der Waals surface area contributed by atoms with Crippen LogP contribution in [0.25, 0.3) is 0 Å². The molecule has 0 radical (unpaired) electrons. The Morgan fingerprint density at radius 1 is 1.12 bits per heavy atom. The van der Waals surface area contributed by atoms with Gasteiger partial charge in [0.25, 0.3) is 0 Å². The van der Waals surface area contributed by atoms with Crippen molar-refractivity contribution < 1.29 is 26.4 Å². The van der Waals surface area contributed by atoms with Gasteiger partial charge in [-0.2, -0.15) is 13.2 Å². The van der Waals surface area contributed by atoms with Crippen LogP contribution in [-0.2, 0) is 27.5 Å². The molecular formula is C16H16F3N3O3S. The van der Waals surface area contributed by atoms with Gasteiger partial charge in [-0.05, 0) is 29.8 Å². The fourth-order valence-electron chi connectivity index (χ4n) is 1.99. The molecular weight excluding hydrogens is 371 g/mol. The third-order valence-electron chi connectivity index (χ3n) is 3.36. The van der Waals surface area contributed by atoms with Gasteiger partial charge < -0.3 is 5.32 Å². The van der Waals surface area contributed by atoms with E-state index in [1.807, 2.05) is 0 Å². The topological polar surface area (TPSA) is 88.2 Å². The first kappa shape index (κ1) is 19.9. The van der Waals surface area contributed by atoms with Crippen LogP contribution >= 0.6 is 0 Å². The fraction of sp³-hybridized carbons (Fsp3) is 0.250. The predicted octanol–water partition coefficient (Wildman–Crippen LogP) is 2.09. The third-order valence-corrected chi connectivity index (χ3v) is 4.81. The number of rotatable bonds is 7. The zero-order valence-corrected chi connectivity index (χ0v) is 14.3. The summed E-state index contributed by atoms with van der Waals surface area (Å²) in [5.41, 5.74) is -0.264. The molecule has 10 heteroatoms. The lowest BCUT2D eigenvalue weighted by Crippen LogP contribution is -2.30. The van der Waals surface area contributed by atoms with Gasteiger partial charge in [0.1, 0.15) is 4.90 Å². The first-order valence-corrected chi connectivity index (χ1v) is 8.99. The summed E-state index contributed by atoms with van der Waals surface area (Å²) in [6.45, 7) is -0.0671. The second kappa shape index (κ2) is 8.28. The minimum Gasteiger partial charge on any atom is -0.352 e. The zero-order chi connectivity index (χ0) is 19.2. The Kier molecular flexibility index (Phi) is 6.32. The Hall–Kier alpha value is -2.46. The van der Waals surface area contributed by atoms with Crippen molar-refractivity contribution >= 4 is 15.9 Å². The SMILES string of the molecule is O=C(CCNS(=O)(=O)c1cccnc1)NCc1ccc(C(F)(F)F)cc1. The minimum atomic E-state index is -4.41. The Balaban J connectivity index is 1.77. The molecule has 0 spiro atoms. The molecule has 0 unspecified atom stereocenters.